The summed E-state index contributed by atoms with van der Waals surface area (Å²) in [4.78, 5) is 11.0. The quantitative estimate of drug-likeness (QED) is 0.315. The van der Waals surface area contributed by atoms with E-state index in [1.165, 1.54) is 0 Å². The summed E-state index contributed by atoms with van der Waals surface area (Å²) in [7, 11) is -4.94. The van der Waals surface area contributed by atoms with E-state index in [-0.39, 0.29) is 6.79 Å². The van der Waals surface area contributed by atoms with E-state index in [2.05, 4.69) is 4.74 Å². The molecule has 1 N–H and O–H groups in total. The van der Waals surface area contributed by atoms with Gasteiger partial charge in [0, 0.05) is 0 Å². The van der Waals surface area contributed by atoms with Crippen molar-refractivity contribution >= 4 is 16.1 Å². The molecule has 0 aliphatic rings. The molecule has 0 spiro atoms. The number of hydrogen-bond acceptors (Lipinski definition) is 5. The van der Waals surface area contributed by atoms with Crippen molar-refractivity contribution in [3.8, 4) is 0 Å². The number of rotatable bonds is 7. The summed E-state index contributed by atoms with van der Waals surface area (Å²) in [6.45, 7) is 2.43. The maximum Gasteiger partial charge on any atom is 0.312 e. The van der Waals surface area contributed by atoms with Crippen LogP contribution in [0.3, 0.4) is 0 Å². The molecule has 0 aromatic rings. The van der Waals surface area contributed by atoms with Gasteiger partial charge in [0.15, 0.2) is 6.79 Å². The van der Waals surface area contributed by atoms with E-state index >= 15 is 0 Å². The van der Waals surface area contributed by atoms with Gasteiger partial charge in [0.05, 0.1) is 13.0 Å². The Labute approximate surface area is 93.5 Å². The first-order chi connectivity index (χ1) is 7.20. The molecule has 6 nitrogen and oxygen atoms in total. The third kappa shape index (κ3) is 5.38. The van der Waals surface area contributed by atoms with Crippen LogP contribution in [0.15, 0.2) is 0 Å². The van der Waals surface area contributed by atoms with Crippen molar-refractivity contribution in [1.29, 1.82) is 0 Å². The summed E-state index contributed by atoms with van der Waals surface area (Å²) in [5.74, 6) is -1.10. The average Bonchev–Trinajstić information content (AvgIpc) is 2.10. The van der Waals surface area contributed by atoms with Crippen molar-refractivity contribution in [1.82, 2.24) is 0 Å². The van der Waals surface area contributed by atoms with Gasteiger partial charge in [-0.3, -0.25) is 9.35 Å². The monoisotopic (exact) mass is 258 g/mol. The third-order valence-corrected chi connectivity index (χ3v) is 2.87. The summed E-state index contributed by atoms with van der Waals surface area (Å²) in [6.07, 6.45) is -0.356. The SMILES string of the molecule is CCCOCOC(=O)CC(C)(F)S(=O)(=O)O. The Kier molecular flexibility index (Phi) is 5.84. The Balaban J connectivity index is 4.06. The number of alkyl halides is 1. The zero-order valence-corrected chi connectivity index (χ0v) is 9.92. The van der Waals surface area contributed by atoms with Crippen molar-refractivity contribution in [2.24, 2.45) is 0 Å². The Morgan fingerprint density at radius 3 is 2.50 bits per heavy atom. The van der Waals surface area contributed by atoms with E-state index in [1.807, 2.05) is 6.92 Å². The standard InChI is InChI=1S/C8H15FO6S/c1-3-4-14-6-15-7(10)5-8(2,9)16(11,12)13/h3-6H2,1-2H3,(H,11,12,13). The highest BCUT2D eigenvalue weighted by Crippen LogP contribution is 2.22. The van der Waals surface area contributed by atoms with Crippen LogP contribution in [0.4, 0.5) is 4.39 Å². The van der Waals surface area contributed by atoms with Crippen molar-refractivity contribution < 1.29 is 31.6 Å². The summed E-state index contributed by atoms with van der Waals surface area (Å²) in [6, 6.07) is 0. The molecule has 0 aliphatic heterocycles. The molecule has 0 aromatic carbocycles. The molecule has 0 aromatic heterocycles. The molecule has 1 unspecified atom stereocenters. The molecule has 0 heterocycles. The van der Waals surface area contributed by atoms with E-state index in [0.29, 0.717) is 13.5 Å². The maximum absolute atomic E-state index is 13.2. The Morgan fingerprint density at radius 1 is 1.50 bits per heavy atom. The Morgan fingerprint density at radius 2 is 2.06 bits per heavy atom. The van der Waals surface area contributed by atoms with Gasteiger partial charge in [-0.2, -0.15) is 8.42 Å². The number of carbonyl (C=O) groups is 1. The van der Waals surface area contributed by atoms with Gasteiger partial charge in [0.1, 0.15) is 0 Å². The average molecular weight is 258 g/mol. The summed E-state index contributed by atoms with van der Waals surface area (Å²) < 4.78 is 51.9. The highest BCUT2D eigenvalue weighted by atomic mass is 32.2. The van der Waals surface area contributed by atoms with Gasteiger partial charge in [-0.25, -0.2) is 4.39 Å². The van der Waals surface area contributed by atoms with Crippen LogP contribution in [0.25, 0.3) is 0 Å². The number of hydrogen-bond donors (Lipinski definition) is 1. The van der Waals surface area contributed by atoms with Crippen LogP contribution in [0.2, 0.25) is 0 Å². The van der Waals surface area contributed by atoms with Crippen LogP contribution in [-0.2, 0) is 24.4 Å². The molecule has 0 saturated carbocycles. The van der Waals surface area contributed by atoms with Crippen LogP contribution >= 0.6 is 0 Å². The van der Waals surface area contributed by atoms with E-state index in [9.17, 15) is 17.6 Å². The lowest BCUT2D eigenvalue weighted by molar-refractivity contribution is -0.158. The normalized spacial score (nSPS) is 15.5. The largest absolute Gasteiger partial charge is 0.438 e. The first-order valence-corrected chi connectivity index (χ1v) is 6.04. The molecule has 0 bridgehead atoms. The predicted molar refractivity (Wildman–Crippen MR) is 52.9 cm³/mol. The number of halogens is 1. The lowest BCUT2D eigenvalue weighted by Crippen LogP contribution is -2.33. The fourth-order valence-corrected chi connectivity index (χ4v) is 1.01. The summed E-state index contributed by atoms with van der Waals surface area (Å²) in [5, 5.41) is -3.05. The molecular formula is C8H15FO6S. The topological polar surface area (TPSA) is 89.9 Å². The van der Waals surface area contributed by atoms with Gasteiger partial charge in [0.25, 0.3) is 0 Å². The first-order valence-electron chi connectivity index (χ1n) is 4.60. The smallest absolute Gasteiger partial charge is 0.312 e. The number of carbonyl (C=O) groups excluding carboxylic acids is 1. The first kappa shape index (κ1) is 15.3. The van der Waals surface area contributed by atoms with Gasteiger partial charge in [-0.1, -0.05) is 6.92 Å². The van der Waals surface area contributed by atoms with Gasteiger partial charge in [-0.15, -0.1) is 0 Å². The minimum Gasteiger partial charge on any atom is -0.438 e. The fraction of sp³-hybridized carbons (Fsp3) is 0.875. The molecular weight excluding hydrogens is 243 g/mol. The van der Waals surface area contributed by atoms with Crippen LogP contribution in [-0.4, -0.2) is 37.3 Å². The molecule has 0 rings (SSSR count). The summed E-state index contributed by atoms with van der Waals surface area (Å²) >= 11 is 0. The van der Waals surface area contributed by atoms with Gasteiger partial charge >= 0.3 is 16.1 Å². The van der Waals surface area contributed by atoms with Crippen LogP contribution in [0.5, 0.6) is 0 Å². The zero-order chi connectivity index (χ0) is 12.8. The lowest BCUT2D eigenvalue weighted by atomic mass is 10.3. The minimum atomic E-state index is -4.94. The molecule has 16 heavy (non-hydrogen) atoms. The molecule has 0 radical (unpaired) electrons. The molecule has 8 heteroatoms. The number of ether oxygens (including phenoxy) is 2. The van der Waals surface area contributed by atoms with Crippen molar-refractivity contribution in [3.05, 3.63) is 0 Å². The second-order valence-electron chi connectivity index (χ2n) is 3.30. The second kappa shape index (κ2) is 6.12. The molecule has 0 amide bonds. The predicted octanol–water partition coefficient (Wildman–Crippen LogP) is 0.877. The van der Waals surface area contributed by atoms with Crippen LogP contribution < -0.4 is 0 Å². The minimum absolute atomic E-state index is 0.367. The molecule has 0 saturated heterocycles. The Hall–Kier alpha value is -0.730. The van der Waals surface area contributed by atoms with E-state index in [0.717, 1.165) is 6.42 Å². The van der Waals surface area contributed by atoms with Gasteiger partial charge in [0.2, 0.25) is 5.00 Å². The molecule has 0 fully saturated rings. The van der Waals surface area contributed by atoms with Crippen LogP contribution in [0, 0.1) is 0 Å². The molecule has 96 valence electrons. The van der Waals surface area contributed by atoms with E-state index < -0.39 is 27.5 Å². The Bertz CT molecular complexity index is 323. The lowest BCUT2D eigenvalue weighted by Gasteiger charge is -2.15. The van der Waals surface area contributed by atoms with E-state index in [4.69, 9.17) is 9.29 Å². The molecule has 0 aliphatic carbocycles. The van der Waals surface area contributed by atoms with Gasteiger partial charge < -0.3 is 9.47 Å². The van der Waals surface area contributed by atoms with Crippen molar-refractivity contribution in [3.63, 3.8) is 0 Å². The fourth-order valence-electron chi connectivity index (χ4n) is 0.711. The highest BCUT2D eigenvalue weighted by molar-refractivity contribution is 7.87. The molecule has 1 atom stereocenters. The van der Waals surface area contributed by atoms with E-state index in [1.54, 1.807) is 0 Å². The second-order valence-corrected chi connectivity index (χ2v) is 5.10. The summed E-state index contributed by atoms with van der Waals surface area (Å²) in [5.41, 5.74) is 0. The zero-order valence-electron chi connectivity index (χ0n) is 9.10. The van der Waals surface area contributed by atoms with Gasteiger partial charge in [-0.05, 0) is 13.3 Å². The highest BCUT2D eigenvalue weighted by Gasteiger charge is 2.41. The van der Waals surface area contributed by atoms with Crippen molar-refractivity contribution in [2.45, 2.75) is 31.7 Å². The number of esters is 1. The van der Waals surface area contributed by atoms with Crippen LogP contribution in [0.1, 0.15) is 26.7 Å². The van der Waals surface area contributed by atoms with Crippen molar-refractivity contribution in [2.75, 3.05) is 13.4 Å². The maximum atomic E-state index is 13.2. The third-order valence-electron chi connectivity index (χ3n) is 1.65.